The molecule has 4 heteroatoms. The molecule has 0 N–H and O–H groups in total. The number of nitrogens with zero attached hydrogens (tertiary/aromatic N) is 1. The van der Waals surface area contributed by atoms with Gasteiger partial charge in [-0.2, -0.15) is 0 Å². The van der Waals surface area contributed by atoms with E-state index in [1.165, 1.54) is 5.56 Å². The highest BCUT2D eigenvalue weighted by molar-refractivity contribution is 7.80. The molecule has 0 spiro atoms. The van der Waals surface area contributed by atoms with Gasteiger partial charge in [-0.05, 0) is 24.1 Å². The van der Waals surface area contributed by atoms with Gasteiger partial charge in [0.1, 0.15) is 5.75 Å². The summed E-state index contributed by atoms with van der Waals surface area (Å²) in [5.41, 5.74) is 1.24. The molecule has 0 saturated carbocycles. The molecule has 1 aliphatic heterocycles. The van der Waals surface area contributed by atoms with Gasteiger partial charge in [0.05, 0.1) is 24.8 Å². The molecular formula is C15H21NO2S. The Balaban J connectivity index is 1.86. The summed E-state index contributed by atoms with van der Waals surface area (Å²) in [6, 6.07) is 8.23. The van der Waals surface area contributed by atoms with Crippen LogP contribution >= 0.6 is 12.2 Å². The summed E-state index contributed by atoms with van der Waals surface area (Å²) in [5, 5.41) is 0. The normalized spacial score (nSPS) is 15.3. The lowest BCUT2D eigenvalue weighted by atomic mass is 10.1. The first-order valence-corrected chi connectivity index (χ1v) is 7.27. The maximum atomic E-state index is 5.57. The monoisotopic (exact) mass is 279 g/mol. The van der Waals surface area contributed by atoms with Gasteiger partial charge in [0.25, 0.3) is 0 Å². The molecule has 2 rings (SSSR count). The van der Waals surface area contributed by atoms with Crippen LogP contribution in [0.1, 0.15) is 18.9 Å². The maximum Gasteiger partial charge on any atom is 0.119 e. The van der Waals surface area contributed by atoms with Gasteiger partial charge in [-0.3, -0.25) is 0 Å². The third kappa shape index (κ3) is 4.48. The van der Waals surface area contributed by atoms with Crippen molar-refractivity contribution in [3.05, 3.63) is 29.8 Å². The zero-order valence-electron chi connectivity index (χ0n) is 11.4. The van der Waals surface area contributed by atoms with E-state index in [9.17, 15) is 0 Å². The van der Waals surface area contributed by atoms with E-state index in [0.717, 1.165) is 56.5 Å². The predicted molar refractivity (Wildman–Crippen MR) is 80.9 cm³/mol. The fourth-order valence-corrected chi connectivity index (χ4v) is 2.37. The van der Waals surface area contributed by atoms with Crippen LogP contribution in [0.3, 0.4) is 0 Å². The molecule has 1 aromatic carbocycles. The molecule has 1 saturated heterocycles. The number of thiocarbonyl (C=S) groups is 1. The first-order chi connectivity index (χ1) is 9.29. The second-order valence-corrected chi connectivity index (χ2v) is 5.13. The van der Waals surface area contributed by atoms with Crippen LogP contribution in [0.15, 0.2) is 24.3 Å². The molecule has 0 atom stereocenters. The van der Waals surface area contributed by atoms with Crippen molar-refractivity contribution in [1.29, 1.82) is 0 Å². The smallest absolute Gasteiger partial charge is 0.119 e. The second-order valence-electron chi connectivity index (χ2n) is 4.66. The molecule has 1 aromatic rings. The predicted octanol–water partition coefficient (Wildman–Crippen LogP) is 2.68. The SMILES string of the molecule is CCCOc1ccc(CC(=S)N2CCOCC2)cc1. The topological polar surface area (TPSA) is 21.7 Å². The maximum absolute atomic E-state index is 5.57. The van der Waals surface area contributed by atoms with Crippen LogP contribution in [0, 0.1) is 0 Å². The Kier molecular flexibility index (Phi) is 5.61. The van der Waals surface area contributed by atoms with Crippen molar-refractivity contribution in [2.45, 2.75) is 19.8 Å². The van der Waals surface area contributed by atoms with Gasteiger partial charge in [-0.1, -0.05) is 31.3 Å². The van der Waals surface area contributed by atoms with Crippen LogP contribution in [0.2, 0.25) is 0 Å². The summed E-state index contributed by atoms with van der Waals surface area (Å²) in [5.74, 6) is 0.933. The van der Waals surface area contributed by atoms with E-state index in [2.05, 4.69) is 24.0 Å². The highest BCUT2D eigenvalue weighted by Crippen LogP contribution is 2.14. The van der Waals surface area contributed by atoms with Crippen LogP contribution in [0.5, 0.6) is 5.75 Å². The van der Waals surface area contributed by atoms with E-state index >= 15 is 0 Å². The van der Waals surface area contributed by atoms with E-state index in [4.69, 9.17) is 21.7 Å². The van der Waals surface area contributed by atoms with E-state index in [0.29, 0.717) is 0 Å². The molecule has 3 nitrogen and oxygen atoms in total. The standard InChI is InChI=1S/C15H21NO2S/c1-2-9-18-14-5-3-13(4-6-14)12-15(19)16-7-10-17-11-8-16/h3-6H,2,7-12H2,1H3. The summed E-state index contributed by atoms with van der Waals surface area (Å²) in [6.07, 6.45) is 1.85. The number of benzene rings is 1. The number of hydrogen-bond donors (Lipinski definition) is 0. The lowest BCUT2D eigenvalue weighted by molar-refractivity contribution is 0.0685. The van der Waals surface area contributed by atoms with Gasteiger partial charge in [0.2, 0.25) is 0 Å². The molecule has 104 valence electrons. The van der Waals surface area contributed by atoms with E-state index in [1.54, 1.807) is 0 Å². The highest BCUT2D eigenvalue weighted by Gasteiger charge is 2.13. The molecule has 0 aromatic heterocycles. The van der Waals surface area contributed by atoms with Crippen molar-refractivity contribution in [3.63, 3.8) is 0 Å². The van der Waals surface area contributed by atoms with Crippen molar-refractivity contribution in [2.75, 3.05) is 32.9 Å². The lowest BCUT2D eigenvalue weighted by Crippen LogP contribution is -2.40. The second kappa shape index (κ2) is 7.46. The van der Waals surface area contributed by atoms with Crippen molar-refractivity contribution in [3.8, 4) is 5.75 Å². The minimum absolute atomic E-state index is 0.769. The Morgan fingerprint density at radius 1 is 1.26 bits per heavy atom. The third-order valence-electron chi connectivity index (χ3n) is 3.12. The van der Waals surface area contributed by atoms with Gasteiger partial charge in [-0.15, -0.1) is 0 Å². The van der Waals surface area contributed by atoms with Crippen LogP contribution in [0.25, 0.3) is 0 Å². The van der Waals surface area contributed by atoms with Gasteiger partial charge in [0.15, 0.2) is 0 Å². The zero-order chi connectivity index (χ0) is 13.5. The molecule has 0 unspecified atom stereocenters. The fraction of sp³-hybridized carbons (Fsp3) is 0.533. The Labute approximate surface area is 120 Å². The number of morpholine rings is 1. The van der Waals surface area contributed by atoms with Gasteiger partial charge >= 0.3 is 0 Å². The summed E-state index contributed by atoms with van der Waals surface area (Å²) in [4.78, 5) is 3.24. The minimum atomic E-state index is 0.769. The number of ether oxygens (including phenoxy) is 2. The van der Waals surface area contributed by atoms with Crippen LogP contribution < -0.4 is 4.74 Å². The van der Waals surface area contributed by atoms with Crippen molar-refractivity contribution in [1.82, 2.24) is 4.90 Å². The van der Waals surface area contributed by atoms with Crippen LogP contribution in [-0.4, -0.2) is 42.8 Å². The molecular weight excluding hydrogens is 258 g/mol. The fourth-order valence-electron chi connectivity index (χ4n) is 2.02. The Hall–Kier alpha value is -1.13. The molecule has 1 fully saturated rings. The van der Waals surface area contributed by atoms with Gasteiger partial charge in [0, 0.05) is 19.5 Å². The molecule has 1 heterocycles. The Morgan fingerprint density at radius 3 is 2.58 bits per heavy atom. The van der Waals surface area contributed by atoms with E-state index in [1.807, 2.05) is 12.1 Å². The van der Waals surface area contributed by atoms with E-state index < -0.39 is 0 Å². The van der Waals surface area contributed by atoms with Crippen molar-refractivity contribution >= 4 is 17.2 Å². The first-order valence-electron chi connectivity index (χ1n) is 6.87. The van der Waals surface area contributed by atoms with Crippen LogP contribution in [0.4, 0.5) is 0 Å². The quantitative estimate of drug-likeness (QED) is 0.773. The number of hydrogen-bond acceptors (Lipinski definition) is 3. The number of rotatable bonds is 5. The molecule has 1 aliphatic rings. The summed E-state index contributed by atoms with van der Waals surface area (Å²) >= 11 is 5.50. The molecule has 0 aliphatic carbocycles. The Bertz CT molecular complexity index is 399. The average Bonchev–Trinajstić information content (AvgIpc) is 2.47. The molecule has 0 bridgehead atoms. The van der Waals surface area contributed by atoms with Crippen LogP contribution in [-0.2, 0) is 11.2 Å². The van der Waals surface area contributed by atoms with Crippen molar-refractivity contribution < 1.29 is 9.47 Å². The lowest BCUT2D eigenvalue weighted by Gasteiger charge is -2.29. The van der Waals surface area contributed by atoms with E-state index in [-0.39, 0.29) is 0 Å². The highest BCUT2D eigenvalue weighted by atomic mass is 32.1. The third-order valence-corrected chi connectivity index (χ3v) is 3.52. The minimum Gasteiger partial charge on any atom is -0.494 e. The van der Waals surface area contributed by atoms with Gasteiger partial charge in [-0.25, -0.2) is 0 Å². The first kappa shape index (κ1) is 14.3. The Morgan fingerprint density at radius 2 is 1.95 bits per heavy atom. The molecule has 19 heavy (non-hydrogen) atoms. The summed E-state index contributed by atoms with van der Waals surface area (Å²) in [7, 11) is 0. The molecule has 0 amide bonds. The average molecular weight is 279 g/mol. The summed E-state index contributed by atoms with van der Waals surface area (Å²) in [6.45, 7) is 6.27. The zero-order valence-corrected chi connectivity index (χ0v) is 12.2. The van der Waals surface area contributed by atoms with Crippen molar-refractivity contribution in [2.24, 2.45) is 0 Å². The van der Waals surface area contributed by atoms with Gasteiger partial charge < -0.3 is 14.4 Å². The molecule has 0 radical (unpaired) electrons. The summed E-state index contributed by atoms with van der Waals surface area (Å²) < 4.78 is 10.9. The largest absolute Gasteiger partial charge is 0.494 e.